The normalized spacial score (nSPS) is 19.1. The number of aliphatic carboxylic acids is 1. The van der Waals surface area contributed by atoms with Gasteiger partial charge in [-0.3, -0.25) is 4.79 Å². The van der Waals surface area contributed by atoms with Gasteiger partial charge in [0.2, 0.25) is 0 Å². The van der Waals surface area contributed by atoms with Crippen molar-refractivity contribution in [3.05, 3.63) is 53.1 Å². The molecule has 2 aromatic rings. The van der Waals surface area contributed by atoms with Crippen LogP contribution in [0.15, 0.2) is 47.5 Å². The minimum absolute atomic E-state index is 0.138. The van der Waals surface area contributed by atoms with E-state index in [1.807, 2.05) is 30.3 Å². The quantitative estimate of drug-likeness (QED) is 0.724. The summed E-state index contributed by atoms with van der Waals surface area (Å²) in [5, 5.41) is 13.8. The maximum atomic E-state index is 11.9. The number of halogens is 1. The van der Waals surface area contributed by atoms with Crippen LogP contribution in [0.5, 0.6) is 11.5 Å². The van der Waals surface area contributed by atoms with Crippen LogP contribution in [-0.2, 0) is 4.79 Å². The highest BCUT2D eigenvalue weighted by molar-refractivity contribution is 6.31. The van der Waals surface area contributed by atoms with Crippen LogP contribution in [-0.4, -0.2) is 47.5 Å². The van der Waals surface area contributed by atoms with E-state index in [1.165, 1.54) is 0 Å². The first-order chi connectivity index (χ1) is 14.6. The van der Waals surface area contributed by atoms with Crippen molar-refractivity contribution < 1.29 is 14.6 Å². The molecule has 158 valence electrons. The average molecular weight is 428 g/mol. The Hall–Kier alpha value is -2.57. The van der Waals surface area contributed by atoms with Crippen LogP contribution >= 0.6 is 11.6 Å². The Morgan fingerprint density at radius 2 is 2.17 bits per heavy atom. The van der Waals surface area contributed by atoms with Gasteiger partial charge in [-0.2, -0.15) is 0 Å². The summed E-state index contributed by atoms with van der Waals surface area (Å²) in [6, 6.07) is 13.1. The van der Waals surface area contributed by atoms with Gasteiger partial charge in [-0.15, -0.1) is 0 Å². The van der Waals surface area contributed by atoms with Crippen molar-refractivity contribution in [2.45, 2.75) is 32.2 Å². The second-order valence-electron chi connectivity index (χ2n) is 7.74. The number of piperazine rings is 1. The van der Waals surface area contributed by atoms with E-state index in [-0.39, 0.29) is 6.04 Å². The molecule has 2 aromatic carbocycles. The number of benzene rings is 2. The Morgan fingerprint density at radius 3 is 2.97 bits per heavy atom. The van der Waals surface area contributed by atoms with E-state index >= 15 is 0 Å². The molecule has 2 heterocycles. The number of carbonyl (C=O) groups is 1. The monoisotopic (exact) mass is 427 g/mol. The zero-order valence-corrected chi connectivity index (χ0v) is 17.7. The molecule has 0 aromatic heterocycles. The number of fused-ring (bicyclic) bond motifs is 2. The molecule has 2 N–H and O–H groups in total. The predicted octanol–water partition coefficient (Wildman–Crippen LogP) is 4.69. The number of para-hydroxylation sites is 1. The molecule has 7 heteroatoms. The van der Waals surface area contributed by atoms with Gasteiger partial charge in [0.1, 0.15) is 17.3 Å². The zero-order chi connectivity index (χ0) is 21.1. The van der Waals surface area contributed by atoms with E-state index in [1.54, 1.807) is 12.1 Å². The van der Waals surface area contributed by atoms with Crippen molar-refractivity contribution in [2.75, 3.05) is 19.6 Å². The number of hydrogen-bond donors (Lipinski definition) is 2. The molecular weight excluding hydrogens is 402 g/mol. The van der Waals surface area contributed by atoms with Crippen LogP contribution in [0.25, 0.3) is 0 Å². The van der Waals surface area contributed by atoms with Crippen LogP contribution in [0.2, 0.25) is 5.02 Å². The van der Waals surface area contributed by atoms with Crippen molar-refractivity contribution in [1.82, 2.24) is 10.2 Å². The highest BCUT2D eigenvalue weighted by Gasteiger charge is 2.33. The lowest BCUT2D eigenvalue weighted by atomic mass is 9.92. The van der Waals surface area contributed by atoms with Gasteiger partial charge >= 0.3 is 5.97 Å². The van der Waals surface area contributed by atoms with Gasteiger partial charge in [0, 0.05) is 30.7 Å². The molecule has 0 bridgehead atoms. The van der Waals surface area contributed by atoms with Gasteiger partial charge in [-0.25, -0.2) is 4.99 Å². The number of unbranched alkanes of at least 4 members (excludes halogenated alkanes) is 1. The summed E-state index contributed by atoms with van der Waals surface area (Å²) in [5.41, 5.74) is 1.57. The van der Waals surface area contributed by atoms with Crippen molar-refractivity contribution in [3.8, 4) is 11.5 Å². The number of hydrogen-bond acceptors (Lipinski definition) is 5. The number of carboxylic acid groups (broad SMARTS) is 1. The molecule has 2 unspecified atom stereocenters. The van der Waals surface area contributed by atoms with Crippen molar-refractivity contribution >= 4 is 29.1 Å². The van der Waals surface area contributed by atoms with Crippen LogP contribution in [0.1, 0.15) is 31.7 Å². The molecule has 1 fully saturated rings. The lowest BCUT2D eigenvalue weighted by Crippen LogP contribution is -2.56. The fourth-order valence-electron chi connectivity index (χ4n) is 4.10. The zero-order valence-electron chi connectivity index (χ0n) is 17.0. The standard InChI is InChI=1S/C23H26ClN3O3/c1-2-3-6-16(23(28)29)19-14-27(12-11-25-19)22-17-7-4-5-8-20(17)30-21-10-9-15(24)13-18(21)26-22/h4-5,7-10,13,16,19,25H,2-3,6,11-12,14H2,1H3,(H,28,29). The van der Waals surface area contributed by atoms with Crippen molar-refractivity contribution in [1.29, 1.82) is 0 Å². The first-order valence-electron chi connectivity index (χ1n) is 10.4. The highest BCUT2D eigenvalue weighted by Crippen LogP contribution is 2.39. The number of carboxylic acids is 1. The molecule has 0 spiro atoms. The van der Waals surface area contributed by atoms with E-state index in [2.05, 4.69) is 17.1 Å². The molecule has 2 atom stereocenters. The maximum absolute atomic E-state index is 11.9. The fraction of sp³-hybridized carbons (Fsp3) is 0.391. The molecule has 4 rings (SSSR count). The second-order valence-corrected chi connectivity index (χ2v) is 8.18. The molecule has 2 aliphatic rings. The van der Waals surface area contributed by atoms with Gasteiger partial charge < -0.3 is 20.1 Å². The topological polar surface area (TPSA) is 74.2 Å². The lowest BCUT2D eigenvalue weighted by molar-refractivity contribution is -0.143. The summed E-state index contributed by atoms with van der Waals surface area (Å²) >= 11 is 6.21. The van der Waals surface area contributed by atoms with E-state index in [4.69, 9.17) is 21.3 Å². The number of ether oxygens (including phenoxy) is 1. The second kappa shape index (κ2) is 9.06. The third kappa shape index (κ3) is 4.30. The molecule has 2 aliphatic heterocycles. The Labute approximate surface area is 181 Å². The van der Waals surface area contributed by atoms with Gasteiger partial charge in [0.25, 0.3) is 0 Å². The molecular formula is C23H26ClN3O3. The minimum atomic E-state index is -0.744. The summed E-state index contributed by atoms with van der Waals surface area (Å²) in [4.78, 5) is 19.0. The molecule has 0 saturated carbocycles. The minimum Gasteiger partial charge on any atom is -0.481 e. The van der Waals surface area contributed by atoms with E-state index in [0.717, 1.165) is 36.5 Å². The van der Waals surface area contributed by atoms with E-state index in [9.17, 15) is 9.90 Å². The predicted molar refractivity (Wildman–Crippen MR) is 118 cm³/mol. The van der Waals surface area contributed by atoms with Crippen molar-refractivity contribution in [3.63, 3.8) is 0 Å². The first-order valence-corrected chi connectivity index (χ1v) is 10.8. The first kappa shape index (κ1) is 20.7. The molecule has 1 saturated heterocycles. The average Bonchev–Trinajstić information content (AvgIpc) is 2.90. The van der Waals surface area contributed by atoms with Gasteiger partial charge in [0.05, 0.1) is 11.5 Å². The molecule has 0 amide bonds. The Kier molecular flexibility index (Phi) is 6.25. The van der Waals surface area contributed by atoms with Crippen LogP contribution in [0.4, 0.5) is 5.69 Å². The number of nitrogens with zero attached hydrogens (tertiary/aromatic N) is 2. The number of nitrogens with one attached hydrogen (secondary N) is 1. The summed E-state index contributed by atoms with van der Waals surface area (Å²) < 4.78 is 6.13. The fourth-order valence-corrected chi connectivity index (χ4v) is 4.27. The lowest BCUT2D eigenvalue weighted by Gasteiger charge is -2.38. The molecule has 6 nitrogen and oxygen atoms in total. The Bertz CT molecular complexity index is 962. The van der Waals surface area contributed by atoms with Gasteiger partial charge in [-0.1, -0.05) is 43.5 Å². The summed E-state index contributed by atoms with van der Waals surface area (Å²) in [6.45, 7) is 4.09. The SMILES string of the molecule is CCCCC(C(=O)O)C1CN(C2=Nc3cc(Cl)ccc3Oc3ccccc32)CCN1. The largest absolute Gasteiger partial charge is 0.481 e. The van der Waals surface area contributed by atoms with Crippen molar-refractivity contribution in [2.24, 2.45) is 10.9 Å². The van der Waals surface area contributed by atoms with Crippen LogP contribution in [0, 0.1) is 5.92 Å². The van der Waals surface area contributed by atoms with Gasteiger partial charge in [-0.05, 0) is 36.8 Å². The van der Waals surface area contributed by atoms with E-state index < -0.39 is 11.9 Å². The number of aliphatic imine (C=N–C) groups is 1. The Morgan fingerprint density at radius 1 is 1.33 bits per heavy atom. The molecule has 0 aliphatic carbocycles. The highest BCUT2D eigenvalue weighted by atomic mass is 35.5. The number of rotatable bonds is 5. The van der Waals surface area contributed by atoms with Crippen LogP contribution < -0.4 is 10.1 Å². The smallest absolute Gasteiger partial charge is 0.308 e. The molecule has 30 heavy (non-hydrogen) atoms. The third-order valence-electron chi connectivity index (χ3n) is 5.67. The Balaban J connectivity index is 1.69. The van der Waals surface area contributed by atoms with Crippen LogP contribution in [0.3, 0.4) is 0 Å². The summed E-state index contributed by atoms with van der Waals surface area (Å²) in [6.07, 6.45) is 2.55. The number of amidine groups is 1. The summed E-state index contributed by atoms with van der Waals surface area (Å²) in [7, 11) is 0. The summed E-state index contributed by atoms with van der Waals surface area (Å²) in [5.74, 6) is 1.00. The molecule has 0 radical (unpaired) electrons. The third-order valence-corrected chi connectivity index (χ3v) is 5.91. The van der Waals surface area contributed by atoms with E-state index in [0.29, 0.717) is 36.0 Å². The van der Waals surface area contributed by atoms with Gasteiger partial charge in [0.15, 0.2) is 5.75 Å². The maximum Gasteiger partial charge on any atom is 0.308 e.